The van der Waals surface area contributed by atoms with Crippen LogP contribution in [0, 0.1) is 0 Å². The molecule has 1 N–H and O–H groups in total. The van der Waals surface area contributed by atoms with Crippen LogP contribution in [0.3, 0.4) is 0 Å². The number of hydrogen-bond donors (Lipinski definition) is 1. The quantitative estimate of drug-likeness (QED) is 0.613. The molecule has 3 aromatic rings. The zero-order chi connectivity index (χ0) is 19.9. The van der Waals surface area contributed by atoms with Gasteiger partial charge in [0.1, 0.15) is 5.01 Å². The second-order valence-corrected chi connectivity index (χ2v) is 7.68. The van der Waals surface area contributed by atoms with Gasteiger partial charge in [0.15, 0.2) is 0 Å². The minimum absolute atomic E-state index is 0.0549. The van der Waals surface area contributed by atoms with E-state index in [9.17, 15) is 4.79 Å². The van der Waals surface area contributed by atoms with Gasteiger partial charge in [-0.25, -0.2) is 9.97 Å². The zero-order valence-corrected chi connectivity index (χ0v) is 17.3. The fraction of sp³-hybridized carbons (Fsp3) is 0.318. The summed E-state index contributed by atoms with van der Waals surface area (Å²) in [6, 6.07) is 12.1. The van der Waals surface area contributed by atoms with E-state index in [1.54, 1.807) is 17.5 Å². The van der Waals surface area contributed by atoms with Crippen molar-refractivity contribution in [2.24, 2.45) is 0 Å². The van der Waals surface area contributed by atoms with Crippen LogP contribution < -0.4 is 10.1 Å². The molecular weight excluding hydrogens is 370 g/mol. The van der Waals surface area contributed by atoms with Crippen molar-refractivity contribution in [3.8, 4) is 16.5 Å². The fourth-order valence-corrected chi connectivity index (χ4v) is 3.48. The summed E-state index contributed by atoms with van der Waals surface area (Å²) >= 11 is 1.56. The van der Waals surface area contributed by atoms with Gasteiger partial charge < -0.3 is 10.1 Å². The summed E-state index contributed by atoms with van der Waals surface area (Å²) in [6.07, 6.45) is 3.10. The Balaban J connectivity index is 1.51. The van der Waals surface area contributed by atoms with Crippen LogP contribution in [0.4, 0.5) is 0 Å². The summed E-state index contributed by atoms with van der Waals surface area (Å²) in [5.74, 6) is 0.535. The van der Waals surface area contributed by atoms with Crippen LogP contribution >= 0.6 is 11.3 Å². The Morgan fingerprint density at radius 2 is 1.89 bits per heavy atom. The second-order valence-electron chi connectivity index (χ2n) is 6.82. The highest BCUT2D eigenvalue weighted by atomic mass is 32.1. The Morgan fingerprint density at radius 1 is 1.14 bits per heavy atom. The van der Waals surface area contributed by atoms with E-state index < -0.39 is 0 Å². The summed E-state index contributed by atoms with van der Waals surface area (Å²) in [6.45, 7) is 6.49. The van der Waals surface area contributed by atoms with Gasteiger partial charge in [-0.3, -0.25) is 4.79 Å². The second kappa shape index (κ2) is 9.46. The molecule has 2 heterocycles. The minimum atomic E-state index is -0.0549. The van der Waals surface area contributed by atoms with Crippen molar-refractivity contribution in [2.75, 3.05) is 0 Å². The molecule has 0 radical (unpaired) electrons. The Hall–Kier alpha value is -2.73. The van der Waals surface area contributed by atoms with E-state index in [-0.39, 0.29) is 18.4 Å². The van der Waals surface area contributed by atoms with Gasteiger partial charge in [0, 0.05) is 29.8 Å². The van der Waals surface area contributed by atoms with Crippen molar-refractivity contribution in [2.45, 2.75) is 46.3 Å². The first-order valence-corrected chi connectivity index (χ1v) is 10.3. The van der Waals surface area contributed by atoms with E-state index in [4.69, 9.17) is 4.74 Å². The average Bonchev–Trinajstić information content (AvgIpc) is 3.15. The maximum Gasteiger partial charge on any atom is 0.226 e. The number of hydrogen-bond acceptors (Lipinski definition) is 5. The fourth-order valence-electron chi connectivity index (χ4n) is 2.66. The molecule has 0 aliphatic rings. The van der Waals surface area contributed by atoms with Crippen molar-refractivity contribution in [1.82, 2.24) is 15.3 Å². The van der Waals surface area contributed by atoms with Crippen molar-refractivity contribution in [3.63, 3.8) is 0 Å². The molecule has 5 nitrogen and oxygen atoms in total. The highest BCUT2D eigenvalue weighted by Crippen LogP contribution is 2.24. The molecular formula is C22H25N3O2S. The molecule has 1 amide bonds. The number of amides is 1. The number of ether oxygens (including phenoxy) is 1. The lowest BCUT2D eigenvalue weighted by atomic mass is 10.1. The maximum atomic E-state index is 12.2. The van der Waals surface area contributed by atoms with Crippen LogP contribution in [0.2, 0.25) is 0 Å². The Labute approximate surface area is 169 Å². The van der Waals surface area contributed by atoms with Crippen LogP contribution in [0.5, 0.6) is 5.88 Å². The van der Waals surface area contributed by atoms with Crippen LogP contribution in [0.25, 0.3) is 10.6 Å². The number of nitrogens with one attached hydrogen (secondary N) is 1. The van der Waals surface area contributed by atoms with Gasteiger partial charge in [-0.15, -0.1) is 11.3 Å². The number of aryl methyl sites for hydroxylation is 1. The molecule has 0 spiro atoms. The number of benzene rings is 1. The molecule has 3 rings (SSSR count). The van der Waals surface area contributed by atoms with Crippen molar-refractivity contribution in [3.05, 3.63) is 64.8 Å². The molecule has 0 atom stereocenters. The molecule has 0 bridgehead atoms. The molecule has 28 heavy (non-hydrogen) atoms. The van der Waals surface area contributed by atoms with Gasteiger partial charge in [-0.2, -0.15) is 0 Å². The molecule has 0 saturated heterocycles. The molecule has 1 aromatic carbocycles. The van der Waals surface area contributed by atoms with E-state index in [0.29, 0.717) is 12.4 Å². The molecule has 6 heteroatoms. The third kappa shape index (κ3) is 5.63. The molecule has 0 aliphatic carbocycles. The Morgan fingerprint density at radius 3 is 2.54 bits per heavy atom. The molecule has 146 valence electrons. The summed E-state index contributed by atoms with van der Waals surface area (Å²) in [5, 5.41) is 5.80. The predicted octanol–water partition coefficient (Wildman–Crippen LogP) is 4.41. The van der Waals surface area contributed by atoms with Crippen molar-refractivity contribution < 1.29 is 9.53 Å². The first-order valence-electron chi connectivity index (χ1n) is 9.45. The molecule has 0 unspecified atom stereocenters. The van der Waals surface area contributed by atoms with Gasteiger partial charge in [-0.1, -0.05) is 37.3 Å². The lowest BCUT2D eigenvalue weighted by Gasteiger charge is -2.09. The van der Waals surface area contributed by atoms with Crippen LogP contribution in [0.1, 0.15) is 37.6 Å². The van der Waals surface area contributed by atoms with Gasteiger partial charge in [0.2, 0.25) is 11.8 Å². The predicted molar refractivity (Wildman–Crippen MR) is 112 cm³/mol. The lowest BCUT2D eigenvalue weighted by molar-refractivity contribution is -0.120. The summed E-state index contributed by atoms with van der Waals surface area (Å²) in [5.41, 5.74) is 4.11. The van der Waals surface area contributed by atoms with Crippen molar-refractivity contribution >= 4 is 17.2 Å². The minimum Gasteiger partial charge on any atom is -0.475 e. The summed E-state index contributed by atoms with van der Waals surface area (Å²) in [4.78, 5) is 21.1. The average molecular weight is 396 g/mol. The van der Waals surface area contributed by atoms with Crippen molar-refractivity contribution in [1.29, 1.82) is 0 Å². The standard InChI is InChI=1S/C22H25N3O2S/c1-4-16-5-8-18(9-6-16)22-25-19(14-28-22)11-20(26)23-12-17-7-10-21(24-13-17)27-15(2)3/h5-10,13-15H,4,11-12H2,1-3H3,(H,23,26). The normalized spacial score (nSPS) is 10.9. The third-order valence-electron chi connectivity index (χ3n) is 4.15. The first-order chi connectivity index (χ1) is 13.5. The highest BCUT2D eigenvalue weighted by Gasteiger charge is 2.09. The van der Waals surface area contributed by atoms with E-state index in [1.165, 1.54) is 5.56 Å². The van der Waals surface area contributed by atoms with E-state index in [1.807, 2.05) is 31.4 Å². The maximum absolute atomic E-state index is 12.2. The van der Waals surface area contributed by atoms with E-state index in [2.05, 4.69) is 46.5 Å². The van der Waals surface area contributed by atoms with E-state index >= 15 is 0 Å². The molecule has 0 aliphatic heterocycles. The summed E-state index contributed by atoms with van der Waals surface area (Å²) < 4.78 is 5.52. The van der Waals surface area contributed by atoms with Gasteiger partial charge in [0.25, 0.3) is 0 Å². The molecule has 0 saturated carbocycles. The van der Waals surface area contributed by atoms with Gasteiger partial charge >= 0.3 is 0 Å². The number of thiazole rings is 1. The van der Waals surface area contributed by atoms with Gasteiger partial charge in [0.05, 0.1) is 18.2 Å². The monoisotopic (exact) mass is 395 g/mol. The third-order valence-corrected chi connectivity index (χ3v) is 5.09. The zero-order valence-electron chi connectivity index (χ0n) is 16.4. The number of nitrogens with zero attached hydrogens (tertiary/aromatic N) is 2. The SMILES string of the molecule is CCc1ccc(-c2nc(CC(=O)NCc3ccc(OC(C)C)nc3)cs2)cc1. The molecule has 2 aromatic heterocycles. The van der Waals surface area contributed by atoms with Gasteiger partial charge in [-0.05, 0) is 31.4 Å². The highest BCUT2D eigenvalue weighted by molar-refractivity contribution is 7.13. The Bertz CT molecular complexity index is 902. The van der Waals surface area contributed by atoms with Crippen LogP contribution in [0.15, 0.2) is 48.0 Å². The number of rotatable bonds is 8. The Kier molecular flexibility index (Phi) is 6.76. The molecule has 0 fully saturated rings. The van der Waals surface area contributed by atoms with Crippen LogP contribution in [-0.2, 0) is 24.2 Å². The van der Waals surface area contributed by atoms with E-state index in [0.717, 1.165) is 28.2 Å². The smallest absolute Gasteiger partial charge is 0.226 e. The number of aromatic nitrogens is 2. The topological polar surface area (TPSA) is 64.1 Å². The number of carbonyl (C=O) groups excluding carboxylic acids is 1. The largest absolute Gasteiger partial charge is 0.475 e. The lowest BCUT2D eigenvalue weighted by Crippen LogP contribution is -2.24. The number of pyridine rings is 1. The van der Waals surface area contributed by atoms with Crippen LogP contribution in [-0.4, -0.2) is 22.0 Å². The number of carbonyl (C=O) groups is 1. The first kappa shape index (κ1) is 20.0. The summed E-state index contributed by atoms with van der Waals surface area (Å²) in [7, 11) is 0.